The maximum absolute atomic E-state index is 11.6. The SMILES string of the molecule is O=C(C#Cc1ccccc1)OCCC#Cc1cccc2ccccc12. The minimum absolute atomic E-state index is 0.236. The number of carbonyl (C=O) groups is 1. The van der Waals surface area contributed by atoms with Crippen molar-refractivity contribution in [2.75, 3.05) is 6.61 Å². The normalized spacial score (nSPS) is 9.44. The van der Waals surface area contributed by atoms with Gasteiger partial charge in [-0.15, -0.1) is 0 Å². The van der Waals surface area contributed by atoms with Gasteiger partial charge in [-0.2, -0.15) is 0 Å². The van der Waals surface area contributed by atoms with Crippen molar-refractivity contribution in [2.45, 2.75) is 6.42 Å². The number of fused-ring (bicyclic) bond motifs is 1. The van der Waals surface area contributed by atoms with E-state index in [1.165, 1.54) is 0 Å². The summed E-state index contributed by atoms with van der Waals surface area (Å²) in [7, 11) is 0. The van der Waals surface area contributed by atoms with Gasteiger partial charge in [-0.1, -0.05) is 72.4 Å². The number of rotatable bonds is 2. The molecule has 120 valence electrons. The van der Waals surface area contributed by atoms with Crippen LogP contribution in [0.5, 0.6) is 0 Å². The van der Waals surface area contributed by atoms with Gasteiger partial charge in [0, 0.05) is 23.5 Å². The first kappa shape index (κ1) is 16.4. The maximum atomic E-state index is 11.6. The summed E-state index contributed by atoms with van der Waals surface area (Å²) in [5.74, 6) is 10.9. The third kappa shape index (κ3) is 4.74. The molecule has 0 aliphatic carbocycles. The summed E-state index contributed by atoms with van der Waals surface area (Å²) < 4.78 is 5.07. The highest BCUT2D eigenvalue weighted by Gasteiger charge is 1.97. The third-order valence-corrected chi connectivity index (χ3v) is 3.56. The average Bonchev–Trinajstić information content (AvgIpc) is 2.67. The highest BCUT2D eigenvalue weighted by molar-refractivity contribution is 5.89. The molecule has 2 heteroatoms. The monoisotopic (exact) mass is 324 g/mol. The van der Waals surface area contributed by atoms with Crippen molar-refractivity contribution in [3.05, 3.63) is 83.9 Å². The summed E-state index contributed by atoms with van der Waals surface area (Å²) in [5.41, 5.74) is 1.77. The van der Waals surface area contributed by atoms with E-state index >= 15 is 0 Å². The van der Waals surface area contributed by atoms with Gasteiger partial charge in [0.05, 0.1) is 0 Å². The molecular weight excluding hydrogens is 308 g/mol. The van der Waals surface area contributed by atoms with Gasteiger partial charge in [0.25, 0.3) is 0 Å². The van der Waals surface area contributed by atoms with Gasteiger partial charge in [0.15, 0.2) is 0 Å². The first-order valence-electron chi connectivity index (χ1n) is 8.03. The minimum atomic E-state index is -0.532. The fraction of sp³-hybridized carbons (Fsp3) is 0.0870. The molecule has 0 atom stereocenters. The van der Waals surface area contributed by atoms with Gasteiger partial charge in [0.2, 0.25) is 0 Å². The molecular formula is C23H16O2. The smallest absolute Gasteiger partial charge is 0.384 e. The molecule has 0 N–H and O–H groups in total. The van der Waals surface area contributed by atoms with Gasteiger partial charge in [-0.3, -0.25) is 0 Å². The van der Waals surface area contributed by atoms with Crippen LogP contribution >= 0.6 is 0 Å². The number of esters is 1. The third-order valence-electron chi connectivity index (χ3n) is 3.56. The first-order valence-corrected chi connectivity index (χ1v) is 8.03. The number of ether oxygens (including phenoxy) is 1. The topological polar surface area (TPSA) is 26.3 Å². The van der Waals surface area contributed by atoms with E-state index in [0.29, 0.717) is 6.42 Å². The second-order valence-corrected chi connectivity index (χ2v) is 5.33. The van der Waals surface area contributed by atoms with Gasteiger partial charge in [0.1, 0.15) is 6.61 Å². The molecule has 3 aromatic carbocycles. The summed E-state index contributed by atoms with van der Waals surface area (Å²) in [6.07, 6.45) is 0.474. The summed E-state index contributed by atoms with van der Waals surface area (Å²) in [6.45, 7) is 0.236. The van der Waals surface area contributed by atoms with Crippen LogP contribution in [0.3, 0.4) is 0 Å². The van der Waals surface area contributed by atoms with E-state index in [2.05, 4.69) is 41.9 Å². The Morgan fingerprint density at radius 3 is 2.48 bits per heavy atom. The zero-order valence-electron chi connectivity index (χ0n) is 13.7. The Hall–Kier alpha value is -3.49. The van der Waals surface area contributed by atoms with Crippen LogP contribution in [0.25, 0.3) is 10.8 Å². The lowest BCUT2D eigenvalue weighted by molar-refractivity contribution is -0.136. The standard InChI is InChI=1S/C23H16O2/c24-23(17-16-19-9-2-1-3-10-19)25-18-7-6-12-21-14-8-13-20-11-4-5-15-22(20)21/h1-5,8-11,13-15H,7,18H2. The predicted octanol–water partition coefficient (Wildman–Crippen LogP) is 4.18. The van der Waals surface area contributed by atoms with Gasteiger partial charge >= 0.3 is 5.97 Å². The average molecular weight is 324 g/mol. The lowest BCUT2D eigenvalue weighted by Gasteiger charge is -1.99. The molecule has 0 radical (unpaired) electrons. The van der Waals surface area contributed by atoms with Crippen LogP contribution < -0.4 is 0 Å². The van der Waals surface area contributed by atoms with Crippen molar-refractivity contribution in [1.29, 1.82) is 0 Å². The van der Waals surface area contributed by atoms with Gasteiger partial charge in [-0.05, 0) is 29.0 Å². The molecule has 0 amide bonds. The van der Waals surface area contributed by atoms with Crippen LogP contribution in [0.4, 0.5) is 0 Å². The lowest BCUT2D eigenvalue weighted by atomic mass is 10.1. The molecule has 0 fully saturated rings. The Morgan fingerprint density at radius 1 is 0.840 bits per heavy atom. The van der Waals surface area contributed by atoms with Crippen LogP contribution in [0.15, 0.2) is 72.8 Å². The minimum Gasteiger partial charge on any atom is -0.455 e. The molecule has 0 heterocycles. The zero-order valence-corrected chi connectivity index (χ0v) is 13.7. The second kappa shape index (κ2) is 8.39. The number of hydrogen-bond acceptors (Lipinski definition) is 2. The Morgan fingerprint density at radius 2 is 1.60 bits per heavy atom. The van der Waals surface area contributed by atoms with Crippen molar-refractivity contribution in [1.82, 2.24) is 0 Å². The molecule has 0 unspecified atom stereocenters. The van der Waals surface area contributed by atoms with Crippen LogP contribution in [0.2, 0.25) is 0 Å². The van der Waals surface area contributed by atoms with Crippen LogP contribution in [-0.2, 0) is 9.53 Å². The molecule has 2 nitrogen and oxygen atoms in total. The Kier molecular flexibility index (Phi) is 5.49. The van der Waals surface area contributed by atoms with Crippen molar-refractivity contribution < 1.29 is 9.53 Å². The molecule has 0 aliphatic rings. The number of carbonyl (C=O) groups excluding carboxylic acids is 1. The molecule has 0 saturated carbocycles. The van der Waals surface area contributed by atoms with Gasteiger partial charge in [-0.25, -0.2) is 4.79 Å². The molecule has 0 aliphatic heterocycles. The zero-order chi connectivity index (χ0) is 17.3. The molecule has 25 heavy (non-hydrogen) atoms. The largest absolute Gasteiger partial charge is 0.455 e. The molecule has 0 saturated heterocycles. The Bertz CT molecular complexity index is 991. The maximum Gasteiger partial charge on any atom is 0.384 e. The summed E-state index contributed by atoms with van der Waals surface area (Å²) in [4.78, 5) is 11.6. The Balaban J connectivity index is 1.53. The predicted molar refractivity (Wildman–Crippen MR) is 99.7 cm³/mol. The van der Waals surface area contributed by atoms with Gasteiger partial charge < -0.3 is 4.74 Å². The van der Waals surface area contributed by atoms with Crippen molar-refractivity contribution in [3.8, 4) is 23.7 Å². The lowest BCUT2D eigenvalue weighted by Crippen LogP contribution is -2.02. The van der Waals surface area contributed by atoms with E-state index in [-0.39, 0.29) is 6.61 Å². The quantitative estimate of drug-likeness (QED) is 0.402. The van der Waals surface area contributed by atoms with Crippen molar-refractivity contribution in [2.24, 2.45) is 0 Å². The van der Waals surface area contributed by atoms with Crippen LogP contribution in [0, 0.1) is 23.7 Å². The number of hydrogen-bond donors (Lipinski definition) is 0. The fourth-order valence-electron chi connectivity index (χ4n) is 2.37. The van der Waals surface area contributed by atoms with E-state index in [1.54, 1.807) is 0 Å². The molecule has 3 aromatic rings. The Labute approximate surface area is 147 Å². The first-order chi connectivity index (χ1) is 12.3. The number of benzene rings is 3. The van der Waals surface area contributed by atoms with Crippen molar-refractivity contribution in [3.63, 3.8) is 0 Å². The molecule has 3 rings (SSSR count). The molecule has 0 aromatic heterocycles. The van der Waals surface area contributed by atoms with Crippen LogP contribution in [0.1, 0.15) is 17.5 Å². The molecule has 0 bridgehead atoms. The van der Waals surface area contributed by atoms with E-state index in [1.807, 2.05) is 54.6 Å². The van der Waals surface area contributed by atoms with E-state index in [9.17, 15) is 4.79 Å². The highest BCUT2D eigenvalue weighted by atomic mass is 16.5. The fourth-order valence-corrected chi connectivity index (χ4v) is 2.37. The molecule has 0 spiro atoms. The van der Waals surface area contributed by atoms with E-state index < -0.39 is 5.97 Å². The highest BCUT2D eigenvalue weighted by Crippen LogP contribution is 2.17. The summed E-state index contributed by atoms with van der Waals surface area (Å²) in [6, 6.07) is 23.5. The van der Waals surface area contributed by atoms with Crippen molar-refractivity contribution >= 4 is 16.7 Å². The summed E-state index contributed by atoms with van der Waals surface area (Å²) in [5, 5.41) is 2.29. The van der Waals surface area contributed by atoms with E-state index in [4.69, 9.17) is 4.74 Å². The second-order valence-electron chi connectivity index (χ2n) is 5.33. The van der Waals surface area contributed by atoms with Crippen LogP contribution in [-0.4, -0.2) is 12.6 Å². The van der Waals surface area contributed by atoms with E-state index in [0.717, 1.165) is 21.9 Å². The summed E-state index contributed by atoms with van der Waals surface area (Å²) >= 11 is 0.